The van der Waals surface area contributed by atoms with Crippen molar-refractivity contribution in [2.24, 2.45) is 5.41 Å². The first-order valence-electron chi connectivity index (χ1n) is 9.85. The first kappa shape index (κ1) is 23.5. The average Bonchev–Trinajstić information content (AvgIpc) is 3.38. The quantitative estimate of drug-likeness (QED) is 0.211. The molecular formula is C20H24B2N4O6. The number of aromatic amines is 1. The van der Waals surface area contributed by atoms with Crippen LogP contribution in [0.4, 0.5) is 0 Å². The molecule has 10 nitrogen and oxygen atoms in total. The van der Waals surface area contributed by atoms with Gasteiger partial charge < -0.3 is 24.8 Å². The molecule has 0 fully saturated rings. The van der Waals surface area contributed by atoms with Crippen LogP contribution >= 0.6 is 0 Å². The Labute approximate surface area is 184 Å². The Morgan fingerprint density at radius 3 is 2.25 bits per heavy atom. The number of rotatable bonds is 4. The topological polar surface area (TPSA) is 154 Å². The van der Waals surface area contributed by atoms with E-state index >= 15 is 0 Å². The van der Waals surface area contributed by atoms with Crippen LogP contribution in [0.3, 0.4) is 0 Å². The molecule has 0 amide bonds. The number of fused-ring (bicyclic) bond motifs is 2. The Morgan fingerprint density at radius 2 is 1.62 bits per heavy atom. The molecular weight excluding hydrogens is 414 g/mol. The van der Waals surface area contributed by atoms with E-state index in [9.17, 15) is 14.8 Å². The maximum Gasteiger partial charge on any atom is 0.489 e. The predicted molar refractivity (Wildman–Crippen MR) is 121 cm³/mol. The summed E-state index contributed by atoms with van der Waals surface area (Å²) in [6, 6.07) is 10.3. The van der Waals surface area contributed by atoms with Crippen LogP contribution in [-0.2, 0) is 16.3 Å². The van der Waals surface area contributed by atoms with Gasteiger partial charge in [-0.2, -0.15) is 10.2 Å². The summed E-state index contributed by atoms with van der Waals surface area (Å²) >= 11 is 0. The van der Waals surface area contributed by atoms with Crippen molar-refractivity contribution in [2.45, 2.75) is 27.5 Å². The molecule has 0 aliphatic rings. The summed E-state index contributed by atoms with van der Waals surface area (Å²) in [5.41, 5.74) is 1.75. The maximum absolute atomic E-state index is 11.7. The van der Waals surface area contributed by atoms with Crippen LogP contribution < -0.4 is 10.9 Å². The molecule has 2 heterocycles. The number of nitrogens with zero attached hydrogens (tertiary/aromatic N) is 3. The van der Waals surface area contributed by atoms with Crippen molar-refractivity contribution in [2.75, 3.05) is 0 Å². The summed E-state index contributed by atoms with van der Waals surface area (Å²) in [6.07, 6.45) is 3.10. The van der Waals surface area contributed by atoms with Gasteiger partial charge in [-0.1, -0.05) is 24.3 Å². The Morgan fingerprint density at radius 1 is 1.00 bits per heavy atom. The SMILES string of the molecule is CC(C)(C)C(=O)OCn1ncc2c(B(O)O)cccc21.OB(O)c1cccc2[nH]ncc12. The summed E-state index contributed by atoms with van der Waals surface area (Å²) in [7, 11) is -3.00. The number of ether oxygens (including phenoxy) is 1. The summed E-state index contributed by atoms with van der Waals surface area (Å²) in [6.45, 7) is 5.31. The zero-order chi connectivity index (χ0) is 23.5. The van der Waals surface area contributed by atoms with Crippen molar-refractivity contribution in [3.8, 4) is 0 Å². The lowest BCUT2D eigenvalue weighted by Crippen LogP contribution is -2.30. The van der Waals surface area contributed by atoms with Crippen LogP contribution in [0.25, 0.3) is 21.8 Å². The molecule has 0 saturated carbocycles. The fourth-order valence-electron chi connectivity index (χ4n) is 3.01. The summed E-state index contributed by atoms with van der Waals surface area (Å²) in [4.78, 5) is 11.7. The highest BCUT2D eigenvalue weighted by Gasteiger charge is 2.23. The Balaban J connectivity index is 0.000000204. The number of H-pyrrole nitrogens is 1. The minimum absolute atomic E-state index is 0.00934. The second kappa shape index (κ2) is 9.53. The molecule has 32 heavy (non-hydrogen) atoms. The minimum Gasteiger partial charge on any atom is -0.442 e. The van der Waals surface area contributed by atoms with E-state index in [0.29, 0.717) is 21.8 Å². The molecule has 0 aliphatic carbocycles. The Bertz CT molecular complexity index is 1220. The summed E-state index contributed by atoms with van der Waals surface area (Å²) in [5.74, 6) is -0.320. The van der Waals surface area contributed by atoms with Crippen molar-refractivity contribution in [3.63, 3.8) is 0 Å². The van der Waals surface area contributed by atoms with E-state index < -0.39 is 19.7 Å². The zero-order valence-corrected chi connectivity index (χ0v) is 17.9. The van der Waals surface area contributed by atoms with Crippen LogP contribution in [0, 0.1) is 5.41 Å². The standard InChI is InChI=1S/C13H17BN2O4.C7H7BN2O2/c1-13(2,3)12(17)20-8-16-11-6-4-5-10(14(18)19)9(11)7-15-16;11-8(12)6-2-1-3-7-5(6)4-9-10-7/h4-7,18-19H,8H2,1-3H3;1-4,11-12H,(H,9,10). The van der Waals surface area contributed by atoms with Crippen LogP contribution in [0.5, 0.6) is 0 Å². The number of benzene rings is 2. The lowest BCUT2D eigenvalue weighted by Gasteiger charge is -2.16. The van der Waals surface area contributed by atoms with Crippen molar-refractivity contribution in [3.05, 3.63) is 48.8 Å². The summed E-state index contributed by atoms with van der Waals surface area (Å²) < 4.78 is 6.70. The number of aromatic nitrogens is 4. The molecule has 0 unspecified atom stereocenters. The third-order valence-electron chi connectivity index (χ3n) is 4.73. The van der Waals surface area contributed by atoms with E-state index in [-0.39, 0.29) is 12.7 Å². The molecule has 5 N–H and O–H groups in total. The Kier molecular flexibility index (Phi) is 6.99. The van der Waals surface area contributed by atoms with E-state index in [1.165, 1.54) is 10.9 Å². The van der Waals surface area contributed by atoms with Crippen molar-refractivity contribution in [1.82, 2.24) is 20.0 Å². The molecule has 0 aliphatic heterocycles. The molecule has 0 spiro atoms. The van der Waals surface area contributed by atoms with E-state index in [1.807, 2.05) is 6.07 Å². The Hall–Kier alpha value is -3.18. The second-order valence-electron chi connectivity index (χ2n) is 8.16. The van der Waals surface area contributed by atoms with Gasteiger partial charge in [-0.25, -0.2) is 4.68 Å². The third kappa shape index (κ3) is 5.17. The first-order chi connectivity index (χ1) is 15.1. The van der Waals surface area contributed by atoms with Gasteiger partial charge in [0.15, 0.2) is 6.73 Å². The van der Waals surface area contributed by atoms with Crippen LogP contribution in [0.2, 0.25) is 0 Å². The van der Waals surface area contributed by atoms with Crippen molar-refractivity contribution in [1.29, 1.82) is 0 Å². The van der Waals surface area contributed by atoms with Crippen molar-refractivity contribution >= 4 is 52.9 Å². The number of hydrogen-bond acceptors (Lipinski definition) is 8. The zero-order valence-electron chi connectivity index (χ0n) is 17.9. The highest BCUT2D eigenvalue weighted by atomic mass is 16.5. The highest BCUT2D eigenvalue weighted by molar-refractivity contribution is 6.62. The normalized spacial score (nSPS) is 11.2. The van der Waals surface area contributed by atoms with Gasteiger partial charge in [0, 0.05) is 10.8 Å². The van der Waals surface area contributed by atoms with Crippen LogP contribution in [0.15, 0.2) is 48.8 Å². The van der Waals surface area contributed by atoms with Gasteiger partial charge >= 0.3 is 20.2 Å². The van der Waals surface area contributed by atoms with E-state index in [1.54, 1.807) is 57.3 Å². The van der Waals surface area contributed by atoms with Gasteiger partial charge in [-0.15, -0.1) is 0 Å². The predicted octanol–water partition coefficient (Wildman–Crippen LogP) is -0.494. The van der Waals surface area contributed by atoms with Gasteiger partial charge in [0.25, 0.3) is 0 Å². The van der Waals surface area contributed by atoms with Gasteiger partial charge in [0.2, 0.25) is 0 Å². The number of esters is 1. The molecule has 0 atom stereocenters. The molecule has 4 rings (SSSR count). The molecule has 2 aromatic heterocycles. The second-order valence-corrected chi connectivity index (χ2v) is 8.16. The first-order valence-corrected chi connectivity index (χ1v) is 9.85. The van der Waals surface area contributed by atoms with Gasteiger partial charge in [-0.3, -0.25) is 9.89 Å². The van der Waals surface area contributed by atoms with Gasteiger partial charge in [-0.05, 0) is 43.8 Å². The maximum atomic E-state index is 11.7. The summed E-state index contributed by atoms with van der Waals surface area (Å²) in [5, 5.41) is 48.5. The lowest BCUT2D eigenvalue weighted by molar-refractivity contribution is -0.157. The minimum atomic E-state index is -1.56. The molecule has 166 valence electrons. The lowest BCUT2D eigenvalue weighted by atomic mass is 9.78. The largest absolute Gasteiger partial charge is 0.489 e. The third-order valence-corrected chi connectivity index (χ3v) is 4.73. The molecule has 0 saturated heterocycles. The fraction of sp³-hybridized carbons (Fsp3) is 0.250. The van der Waals surface area contributed by atoms with Gasteiger partial charge in [0.1, 0.15) is 0 Å². The monoisotopic (exact) mass is 438 g/mol. The molecule has 0 bridgehead atoms. The number of carbonyl (C=O) groups is 1. The molecule has 12 heteroatoms. The number of hydrogen-bond donors (Lipinski definition) is 5. The number of nitrogens with one attached hydrogen (secondary N) is 1. The molecule has 4 aromatic rings. The van der Waals surface area contributed by atoms with E-state index in [4.69, 9.17) is 14.8 Å². The van der Waals surface area contributed by atoms with Crippen LogP contribution in [0.1, 0.15) is 20.8 Å². The van der Waals surface area contributed by atoms with Gasteiger partial charge in [0.05, 0.1) is 28.8 Å². The van der Waals surface area contributed by atoms with E-state index in [0.717, 1.165) is 10.9 Å². The number of carbonyl (C=O) groups excluding carboxylic acids is 1. The average molecular weight is 438 g/mol. The smallest absolute Gasteiger partial charge is 0.442 e. The highest BCUT2D eigenvalue weighted by Crippen LogP contribution is 2.17. The molecule has 0 radical (unpaired) electrons. The van der Waals surface area contributed by atoms with Crippen LogP contribution in [-0.4, -0.2) is 60.3 Å². The fourth-order valence-corrected chi connectivity index (χ4v) is 3.01. The van der Waals surface area contributed by atoms with E-state index in [2.05, 4.69) is 15.3 Å². The molecule has 2 aromatic carbocycles. The van der Waals surface area contributed by atoms with Crippen molar-refractivity contribution < 1.29 is 29.6 Å².